The second kappa shape index (κ2) is 7.06. The Labute approximate surface area is 118 Å². The fourth-order valence-electron chi connectivity index (χ4n) is 2.82. The Bertz CT molecular complexity index is 398. The molecule has 2 heteroatoms. The molecule has 1 aromatic rings. The standard InChI is InChI=1S/C17H28N2/c1-14(2)18-10-11-19(3)13-15-8-9-16-6-4-5-7-17(16)12-15/h8-9,12,14,18H,4-7,10-11,13H2,1-3H3. The van der Waals surface area contributed by atoms with Crippen LogP contribution < -0.4 is 5.32 Å². The molecule has 1 aliphatic carbocycles. The zero-order valence-corrected chi connectivity index (χ0v) is 12.7. The van der Waals surface area contributed by atoms with E-state index in [-0.39, 0.29) is 0 Å². The summed E-state index contributed by atoms with van der Waals surface area (Å²) in [6.07, 6.45) is 5.29. The highest BCUT2D eigenvalue weighted by Crippen LogP contribution is 2.22. The van der Waals surface area contributed by atoms with Crippen LogP contribution in [0.1, 0.15) is 43.4 Å². The Balaban J connectivity index is 1.85. The van der Waals surface area contributed by atoms with E-state index < -0.39 is 0 Å². The predicted octanol–water partition coefficient (Wildman–Crippen LogP) is 3.00. The fourth-order valence-corrected chi connectivity index (χ4v) is 2.82. The predicted molar refractivity (Wildman–Crippen MR) is 82.6 cm³/mol. The molecule has 0 aliphatic heterocycles. The number of benzene rings is 1. The number of fused-ring (bicyclic) bond motifs is 1. The van der Waals surface area contributed by atoms with Crippen molar-refractivity contribution in [3.63, 3.8) is 0 Å². The maximum atomic E-state index is 3.47. The molecule has 2 rings (SSSR count). The first-order valence-electron chi connectivity index (χ1n) is 7.68. The van der Waals surface area contributed by atoms with Gasteiger partial charge in [0.05, 0.1) is 0 Å². The van der Waals surface area contributed by atoms with Gasteiger partial charge in [-0.15, -0.1) is 0 Å². The van der Waals surface area contributed by atoms with Gasteiger partial charge < -0.3 is 10.2 Å². The topological polar surface area (TPSA) is 15.3 Å². The van der Waals surface area contributed by atoms with Crippen molar-refractivity contribution in [2.45, 2.75) is 52.1 Å². The van der Waals surface area contributed by atoms with Crippen LogP contribution in [0.15, 0.2) is 18.2 Å². The van der Waals surface area contributed by atoms with Crippen molar-refractivity contribution in [1.82, 2.24) is 10.2 Å². The van der Waals surface area contributed by atoms with Crippen LogP contribution in [0, 0.1) is 0 Å². The maximum Gasteiger partial charge on any atom is 0.0231 e. The zero-order chi connectivity index (χ0) is 13.7. The van der Waals surface area contributed by atoms with Gasteiger partial charge in [-0.05, 0) is 49.4 Å². The van der Waals surface area contributed by atoms with Crippen molar-refractivity contribution in [3.05, 3.63) is 34.9 Å². The highest BCUT2D eigenvalue weighted by molar-refractivity contribution is 5.33. The molecule has 0 atom stereocenters. The summed E-state index contributed by atoms with van der Waals surface area (Å²) in [5.41, 5.74) is 4.64. The van der Waals surface area contributed by atoms with E-state index in [0.29, 0.717) is 6.04 Å². The Kier molecular flexibility index (Phi) is 5.41. The molecule has 0 radical (unpaired) electrons. The normalized spacial score (nSPS) is 15.0. The molecule has 0 saturated heterocycles. The molecule has 0 heterocycles. The van der Waals surface area contributed by atoms with Crippen LogP contribution in [0.4, 0.5) is 0 Å². The summed E-state index contributed by atoms with van der Waals surface area (Å²) in [6, 6.07) is 7.68. The van der Waals surface area contributed by atoms with Crippen molar-refractivity contribution < 1.29 is 0 Å². The third kappa shape index (κ3) is 4.63. The summed E-state index contributed by atoms with van der Waals surface area (Å²) >= 11 is 0. The molecule has 0 unspecified atom stereocenters. The summed E-state index contributed by atoms with van der Waals surface area (Å²) in [5.74, 6) is 0. The molecular formula is C17H28N2. The lowest BCUT2D eigenvalue weighted by atomic mass is 9.90. The third-order valence-electron chi connectivity index (χ3n) is 3.91. The lowest BCUT2D eigenvalue weighted by Gasteiger charge is -2.20. The van der Waals surface area contributed by atoms with Gasteiger partial charge in [-0.25, -0.2) is 0 Å². The van der Waals surface area contributed by atoms with E-state index in [2.05, 4.69) is 49.3 Å². The molecule has 19 heavy (non-hydrogen) atoms. The fraction of sp³-hybridized carbons (Fsp3) is 0.647. The van der Waals surface area contributed by atoms with Crippen LogP contribution in [0.2, 0.25) is 0 Å². The minimum absolute atomic E-state index is 0.581. The average molecular weight is 260 g/mol. The van der Waals surface area contributed by atoms with Gasteiger partial charge >= 0.3 is 0 Å². The molecule has 0 amide bonds. The van der Waals surface area contributed by atoms with E-state index in [1.165, 1.54) is 31.2 Å². The van der Waals surface area contributed by atoms with Gasteiger partial charge in [-0.3, -0.25) is 0 Å². The second-order valence-electron chi connectivity index (χ2n) is 6.16. The molecule has 2 nitrogen and oxygen atoms in total. The minimum atomic E-state index is 0.581. The van der Waals surface area contributed by atoms with Crippen LogP contribution in [-0.4, -0.2) is 31.1 Å². The number of hydrogen-bond acceptors (Lipinski definition) is 2. The number of rotatable bonds is 6. The summed E-state index contributed by atoms with van der Waals surface area (Å²) in [4.78, 5) is 2.40. The summed E-state index contributed by atoms with van der Waals surface area (Å²) < 4.78 is 0. The highest BCUT2D eigenvalue weighted by Gasteiger charge is 2.10. The molecule has 1 aromatic carbocycles. The van der Waals surface area contributed by atoms with E-state index in [9.17, 15) is 0 Å². The summed E-state index contributed by atoms with van der Waals surface area (Å²) in [6.45, 7) is 7.63. The molecule has 0 aromatic heterocycles. The number of likely N-dealkylation sites (N-methyl/N-ethyl adjacent to an activating group) is 1. The molecule has 0 fully saturated rings. The molecule has 0 bridgehead atoms. The Morgan fingerprint density at radius 3 is 2.63 bits per heavy atom. The van der Waals surface area contributed by atoms with Gasteiger partial charge in [0.25, 0.3) is 0 Å². The van der Waals surface area contributed by atoms with Crippen LogP contribution in [0.3, 0.4) is 0 Å². The van der Waals surface area contributed by atoms with Crippen molar-refractivity contribution in [2.24, 2.45) is 0 Å². The number of aryl methyl sites for hydroxylation is 2. The Hall–Kier alpha value is -0.860. The largest absolute Gasteiger partial charge is 0.313 e. The van der Waals surface area contributed by atoms with Crippen molar-refractivity contribution in [3.8, 4) is 0 Å². The molecule has 0 saturated carbocycles. The molecule has 1 N–H and O–H groups in total. The first-order valence-corrected chi connectivity index (χ1v) is 7.68. The van der Waals surface area contributed by atoms with E-state index in [4.69, 9.17) is 0 Å². The monoisotopic (exact) mass is 260 g/mol. The van der Waals surface area contributed by atoms with Crippen molar-refractivity contribution in [1.29, 1.82) is 0 Å². The SMILES string of the molecule is CC(C)NCCN(C)Cc1ccc2c(c1)CCCC2. The van der Waals surface area contributed by atoms with Gasteiger partial charge in [0.15, 0.2) is 0 Å². The lowest BCUT2D eigenvalue weighted by Crippen LogP contribution is -2.32. The first-order chi connectivity index (χ1) is 9.15. The Morgan fingerprint density at radius 1 is 1.16 bits per heavy atom. The summed E-state index contributed by atoms with van der Waals surface area (Å²) in [5, 5.41) is 3.47. The molecule has 0 spiro atoms. The van der Waals surface area contributed by atoms with Crippen LogP contribution >= 0.6 is 0 Å². The van der Waals surface area contributed by atoms with E-state index in [1.54, 1.807) is 11.1 Å². The van der Waals surface area contributed by atoms with Gasteiger partial charge in [0, 0.05) is 25.7 Å². The van der Waals surface area contributed by atoms with Gasteiger partial charge in [0.2, 0.25) is 0 Å². The van der Waals surface area contributed by atoms with E-state index in [0.717, 1.165) is 19.6 Å². The van der Waals surface area contributed by atoms with E-state index in [1.807, 2.05) is 0 Å². The van der Waals surface area contributed by atoms with Crippen molar-refractivity contribution in [2.75, 3.05) is 20.1 Å². The number of nitrogens with zero attached hydrogens (tertiary/aromatic N) is 1. The first kappa shape index (κ1) is 14.5. The van der Waals surface area contributed by atoms with Gasteiger partial charge in [-0.2, -0.15) is 0 Å². The molecular weight excluding hydrogens is 232 g/mol. The van der Waals surface area contributed by atoms with E-state index >= 15 is 0 Å². The summed E-state index contributed by atoms with van der Waals surface area (Å²) in [7, 11) is 2.21. The highest BCUT2D eigenvalue weighted by atomic mass is 15.1. The van der Waals surface area contributed by atoms with Gasteiger partial charge in [-0.1, -0.05) is 32.0 Å². The van der Waals surface area contributed by atoms with Crippen LogP contribution in [-0.2, 0) is 19.4 Å². The number of nitrogens with one attached hydrogen (secondary N) is 1. The van der Waals surface area contributed by atoms with Crippen LogP contribution in [0.25, 0.3) is 0 Å². The van der Waals surface area contributed by atoms with Crippen LogP contribution in [0.5, 0.6) is 0 Å². The number of hydrogen-bond donors (Lipinski definition) is 1. The minimum Gasteiger partial charge on any atom is -0.313 e. The quantitative estimate of drug-likeness (QED) is 0.846. The second-order valence-corrected chi connectivity index (χ2v) is 6.16. The Morgan fingerprint density at radius 2 is 1.89 bits per heavy atom. The smallest absolute Gasteiger partial charge is 0.0231 e. The molecule has 1 aliphatic rings. The lowest BCUT2D eigenvalue weighted by molar-refractivity contribution is 0.320. The third-order valence-corrected chi connectivity index (χ3v) is 3.91. The average Bonchev–Trinajstić information content (AvgIpc) is 2.38. The van der Waals surface area contributed by atoms with Gasteiger partial charge in [0.1, 0.15) is 0 Å². The zero-order valence-electron chi connectivity index (χ0n) is 12.7. The van der Waals surface area contributed by atoms with Crippen molar-refractivity contribution >= 4 is 0 Å². The maximum absolute atomic E-state index is 3.47. The molecule has 106 valence electrons.